The summed E-state index contributed by atoms with van der Waals surface area (Å²) in [4.78, 5) is 24.1. The number of allylic oxidation sites excluding steroid dienone is 1. The highest BCUT2D eigenvalue weighted by Crippen LogP contribution is 2.21. The molecule has 0 fully saturated rings. The standard InChI is InChI=1S/C31H43NO3S/c1-2-3-4-5-6-7-8-9-10-11-12-13-14-15-25-36-30-22-20-28(21-23-30)31(33)24-19-27-17-16-18-29(26-27)32(34)35/h16-24,26H,2-15,25H2,1H3/b24-19+. The zero-order chi connectivity index (χ0) is 25.8. The van der Waals surface area contributed by atoms with Crippen LogP contribution in [0.1, 0.15) is 113 Å². The van der Waals surface area contributed by atoms with Gasteiger partial charge >= 0.3 is 0 Å². The number of nitro groups is 1. The van der Waals surface area contributed by atoms with Crippen molar-refractivity contribution in [3.05, 3.63) is 75.8 Å². The van der Waals surface area contributed by atoms with Gasteiger partial charge in [0.1, 0.15) is 0 Å². The largest absolute Gasteiger partial charge is 0.289 e. The van der Waals surface area contributed by atoms with Crippen LogP contribution in [0.5, 0.6) is 0 Å². The summed E-state index contributed by atoms with van der Waals surface area (Å²) in [7, 11) is 0. The predicted molar refractivity (Wildman–Crippen MR) is 154 cm³/mol. The first-order chi connectivity index (χ1) is 17.6. The molecule has 196 valence electrons. The Hall–Kier alpha value is -2.40. The Morgan fingerprint density at radius 1 is 0.806 bits per heavy atom. The number of thioether (sulfide) groups is 1. The minimum atomic E-state index is -0.436. The first kappa shape index (κ1) is 29.8. The molecule has 0 aromatic heterocycles. The van der Waals surface area contributed by atoms with E-state index in [4.69, 9.17) is 0 Å². The second kappa shape index (κ2) is 18.8. The molecule has 2 rings (SSSR count). The van der Waals surface area contributed by atoms with Crippen LogP contribution in [0.15, 0.2) is 59.5 Å². The van der Waals surface area contributed by atoms with Crippen molar-refractivity contribution in [2.45, 2.75) is 102 Å². The van der Waals surface area contributed by atoms with Gasteiger partial charge in [0.25, 0.3) is 5.69 Å². The summed E-state index contributed by atoms with van der Waals surface area (Å²) in [5.41, 5.74) is 1.28. The molecule has 0 saturated carbocycles. The number of nitrogens with zero attached hydrogens (tertiary/aromatic N) is 1. The Bertz CT molecular complexity index is 924. The van der Waals surface area contributed by atoms with E-state index in [2.05, 4.69) is 6.92 Å². The molecule has 36 heavy (non-hydrogen) atoms. The number of ketones is 1. The molecule has 0 heterocycles. The van der Waals surface area contributed by atoms with E-state index in [1.165, 1.54) is 113 Å². The van der Waals surface area contributed by atoms with Gasteiger partial charge in [-0.15, -0.1) is 11.8 Å². The first-order valence-corrected chi connectivity index (χ1v) is 14.8. The summed E-state index contributed by atoms with van der Waals surface area (Å²) >= 11 is 1.85. The van der Waals surface area contributed by atoms with Crippen molar-refractivity contribution < 1.29 is 9.72 Å². The van der Waals surface area contributed by atoms with Gasteiger partial charge in [0, 0.05) is 22.6 Å². The van der Waals surface area contributed by atoms with E-state index in [1.54, 1.807) is 18.2 Å². The van der Waals surface area contributed by atoms with Crippen LogP contribution < -0.4 is 0 Å². The van der Waals surface area contributed by atoms with Crippen LogP contribution in [0.3, 0.4) is 0 Å². The van der Waals surface area contributed by atoms with Gasteiger partial charge in [-0.1, -0.05) is 109 Å². The quantitative estimate of drug-likeness (QED) is 0.0445. The number of hydrogen-bond donors (Lipinski definition) is 0. The van der Waals surface area contributed by atoms with Crippen molar-refractivity contribution in [1.29, 1.82) is 0 Å². The first-order valence-electron chi connectivity index (χ1n) is 13.8. The number of non-ortho nitro benzene ring substituents is 1. The van der Waals surface area contributed by atoms with Crippen LogP contribution in [0.2, 0.25) is 0 Å². The van der Waals surface area contributed by atoms with Gasteiger partial charge in [-0.25, -0.2) is 0 Å². The Morgan fingerprint density at radius 3 is 1.92 bits per heavy atom. The summed E-state index contributed by atoms with van der Waals surface area (Å²) in [6.07, 6.45) is 22.4. The van der Waals surface area contributed by atoms with Crippen LogP contribution in [0.4, 0.5) is 5.69 Å². The highest BCUT2D eigenvalue weighted by Gasteiger charge is 2.06. The van der Waals surface area contributed by atoms with Gasteiger partial charge in [0.2, 0.25) is 0 Å². The third-order valence-electron chi connectivity index (χ3n) is 6.41. The molecule has 0 aliphatic carbocycles. The van der Waals surface area contributed by atoms with Crippen molar-refractivity contribution >= 4 is 29.3 Å². The van der Waals surface area contributed by atoms with E-state index in [0.717, 1.165) is 5.75 Å². The van der Waals surface area contributed by atoms with Gasteiger partial charge in [-0.05, 0) is 48.1 Å². The molecule has 0 amide bonds. The monoisotopic (exact) mass is 509 g/mol. The summed E-state index contributed by atoms with van der Waals surface area (Å²) in [5, 5.41) is 10.9. The van der Waals surface area contributed by atoms with E-state index < -0.39 is 4.92 Å². The average Bonchev–Trinajstić information content (AvgIpc) is 2.90. The number of benzene rings is 2. The molecule has 0 bridgehead atoms. The second-order valence-electron chi connectivity index (χ2n) is 9.52. The summed E-state index contributed by atoms with van der Waals surface area (Å²) in [6, 6.07) is 14.0. The second-order valence-corrected chi connectivity index (χ2v) is 10.7. The van der Waals surface area contributed by atoms with Crippen LogP contribution in [-0.4, -0.2) is 16.5 Å². The van der Waals surface area contributed by atoms with Crippen molar-refractivity contribution in [1.82, 2.24) is 0 Å². The Labute approximate surface area is 222 Å². The van der Waals surface area contributed by atoms with Crippen molar-refractivity contribution in [2.24, 2.45) is 0 Å². The third-order valence-corrected chi connectivity index (χ3v) is 7.51. The van der Waals surface area contributed by atoms with Gasteiger partial charge in [-0.3, -0.25) is 14.9 Å². The lowest BCUT2D eigenvalue weighted by Gasteiger charge is -2.04. The number of unbranched alkanes of at least 4 members (excludes halogenated alkanes) is 13. The van der Waals surface area contributed by atoms with E-state index in [1.807, 2.05) is 36.0 Å². The van der Waals surface area contributed by atoms with Gasteiger partial charge in [0.15, 0.2) is 5.78 Å². The topological polar surface area (TPSA) is 60.2 Å². The minimum Gasteiger partial charge on any atom is -0.289 e. The molecule has 0 radical (unpaired) electrons. The normalized spacial score (nSPS) is 11.2. The highest BCUT2D eigenvalue weighted by molar-refractivity contribution is 7.99. The Kier molecular flexibility index (Phi) is 15.6. The maximum absolute atomic E-state index is 12.4. The molecule has 0 aliphatic rings. The lowest BCUT2D eigenvalue weighted by atomic mass is 10.0. The summed E-state index contributed by atoms with van der Waals surface area (Å²) in [5.74, 6) is 1.00. The van der Waals surface area contributed by atoms with Crippen molar-refractivity contribution in [3.63, 3.8) is 0 Å². The molecule has 4 nitrogen and oxygen atoms in total. The lowest BCUT2D eigenvalue weighted by molar-refractivity contribution is -0.384. The molecule has 0 N–H and O–H groups in total. The van der Waals surface area contributed by atoms with Crippen molar-refractivity contribution in [2.75, 3.05) is 5.75 Å². The number of hydrogen-bond acceptors (Lipinski definition) is 4. The van der Waals surface area contributed by atoms with Crippen molar-refractivity contribution in [3.8, 4) is 0 Å². The highest BCUT2D eigenvalue weighted by atomic mass is 32.2. The summed E-state index contributed by atoms with van der Waals surface area (Å²) < 4.78 is 0. The van der Waals surface area contributed by atoms with E-state index in [9.17, 15) is 14.9 Å². The predicted octanol–water partition coefficient (Wildman–Crippen LogP) is 10.1. The third kappa shape index (κ3) is 13.1. The lowest BCUT2D eigenvalue weighted by Crippen LogP contribution is -1.94. The fraction of sp³-hybridized carbons (Fsp3) is 0.516. The molecule has 2 aromatic rings. The number of nitro benzene ring substituents is 1. The average molecular weight is 510 g/mol. The smallest absolute Gasteiger partial charge is 0.270 e. The molecule has 0 atom stereocenters. The molecular formula is C31H43NO3S. The minimum absolute atomic E-state index is 0.0183. The van der Waals surface area contributed by atoms with Crippen LogP contribution in [0.25, 0.3) is 6.08 Å². The number of carbonyl (C=O) groups is 1. The molecule has 0 aliphatic heterocycles. The maximum Gasteiger partial charge on any atom is 0.270 e. The number of carbonyl (C=O) groups excluding carboxylic acids is 1. The molecule has 2 aromatic carbocycles. The molecule has 0 unspecified atom stereocenters. The van der Waals surface area contributed by atoms with E-state index in [0.29, 0.717) is 11.1 Å². The Balaban J connectivity index is 1.52. The Morgan fingerprint density at radius 2 is 1.36 bits per heavy atom. The summed E-state index contributed by atoms with van der Waals surface area (Å²) in [6.45, 7) is 2.27. The molecule has 5 heteroatoms. The molecule has 0 saturated heterocycles. The fourth-order valence-electron chi connectivity index (χ4n) is 4.21. The zero-order valence-corrected chi connectivity index (χ0v) is 22.8. The maximum atomic E-state index is 12.4. The van der Waals surface area contributed by atoms with Gasteiger partial charge in [-0.2, -0.15) is 0 Å². The van der Waals surface area contributed by atoms with Crippen LogP contribution >= 0.6 is 11.8 Å². The zero-order valence-electron chi connectivity index (χ0n) is 22.0. The van der Waals surface area contributed by atoms with Crippen LogP contribution in [-0.2, 0) is 0 Å². The fourth-order valence-corrected chi connectivity index (χ4v) is 5.12. The SMILES string of the molecule is CCCCCCCCCCCCCCCCSc1ccc(C(=O)/C=C/c2cccc([N+](=O)[O-])c2)cc1. The van der Waals surface area contributed by atoms with E-state index >= 15 is 0 Å². The van der Waals surface area contributed by atoms with Crippen LogP contribution in [0, 0.1) is 10.1 Å². The van der Waals surface area contributed by atoms with E-state index in [-0.39, 0.29) is 11.5 Å². The van der Waals surface area contributed by atoms with Gasteiger partial charge < -0.3 is 0 Å². The molecule has 0 spiro atoms. The number of rotatable bonds is 20. The van der Waals surface area contributed by atoms with Gasteiger partial charge in [0.05, 0.1) is 4.92 Å². The molecular weight excluding hydrogens is 466 g/mol.